The van der Waals surface area contributed by atoms with Crippen molar-refractivity contribution in [1.29, 1.82) is 0 Å². The van der Waals surface area contributed by atoms with E-state index < -0.39 is 5.63 Å². The third kappa shape index (κ3) is 6.10. The van der Waals surface area contributed by atoms with Gasteiger partial charge in [0.05, 0.1) is 12.2 Å². The molecule has 0 bridgehead atoms. The molecule has 1 heterocycles. The predicted octanol–water partition coefficient (Wildman–Crippen LogP) is 8.17. The number of allylic oxidation sites excluding steroid dienone is 3. The van der Waals surface area contributed by atoms with Crippen molar-refractivity contribution >= 4 is 11.0 Å². The van der Waals surface area contributed by atoms with Crippen molar-refractivity contribution in [1.82, 2.24) is 0 Å². The molecule has 1 atom stereocenters. The number of benzene rings is 2. The van der Waals surface area contributed by atoms with E-state index in [1.165, 1.54) is 57.4 Å². The third-order valence-electron chi connectivity index (χ3n) is 7.77. The number of aliphatic hydroxyl groups excluding tert-OH is 1. The van der Waals surface area contributed by atoms with Crippen LogP contribution in [0.5, 0.6) is 11.5 Å². The van der Waals surface area contributed by atoms with Crippen LogP contribution in [0.3, 0.4) is 0 Å². The van der Waals surface area contributed by atoms with Gasteiger partial charge in [-0.25, -0.2) is 4.79 Å². The van der Waals surface area contributed by atoms with Gasteiger partial charge in [0.15, 0.2) is 0 Å². The van der Waals surface area contributed by atoms with Crippen LogP contribution < -0.4 is 10.4 Å². The van der Waals surface area contributed by atoms with Crippen LogP contribution in [0.2, 0.25) is 0 Å². The van der Waals surface area contributed by atoms with Gasteiger partial charge in [0, 0.05) is 22.9 Å². The zero-order valence-electron chi connectivity index (χ0n) is 21.3. The molecule has 2 N–H and O–H groups in total. The fraction of sp³-hybridized carbons (Fsp3) is 0.406. The van der Waals surface area contributed by atoms with E-state index in [1.54, 1.807) is 24.3 Å². The van der Waals surface area contributed by atoms with Crippen LogP contribution in [0.15, 0.2) is 75.7 Å². The summed E-state index contributed by atoms with van der Waals surface area (Å²) in [6.45, 7) is 0.709. The van der Waals surface area contributed by atoms with Gasteiger partial charge in [0.1, 0.15) is 22.8 Å². The lowest BCUT2D eigenvalue weighted by atomic mass is 9.86. The standard InChI is InChI=1S/C32H36O5/c33-25-14-10-24(11-15-25)31-30(28-19-16-26(34)21-29(28)37-32(31)35)23-12-17-27(18-13-23)36-20-6-9-22-7-4-2-1-3-5-8-22/h10,12-19,21-22,24,33-34H,1-9,11,20H2. The second-order valence-corrected chi connectivity index (χ2v) is 10.4. The first-order valence-electron chi connectivity index (χ1n) is 13.7. The summed E-state index contributed by atoms with van der Waals surface area (Å²) in [7, 11) is 0. The normalized spacial score (nSPS) is 18.8. The first-order valence-corrected chi connectivity index (χ1v) is 13.7. The van der Waals surface area contributed by atoms with Gasteiger partial charge in [-0.1, -0.05) is 63.2 Å². The summed E-state index contributed by atoms with van der Waals surface area (Å²) in [5.74, 6) is 1.68. The lowest BCUT2D eigenvalue weighted by Crippen LogP contribution is -2.15. The van der Waals surface area contributed by atoms with Gasteiger partial charge in [0.25, 0.3) is 0 Å². The quantitative estimate of drug-likeness (QED) is 0.253. The molecule has 1 saturated carbocycles. The third-order valence-corrected chi connectivity index (χ3v) is 7.77. The summed E-state index contributed by atoms with van der Waals surface area (Å²) >= 11 is 0. The number of rotatable bonds is 7. The molecule has 1 aromatic heterocycles. The van der Waals surface area contributed by atoms with Crippen molar-refractivity contribution in [2.45, 2.75) is 70.1 Å². The number of phenols is 1. The van der Waals surface area contributed by atoms with Gasteiger partial charge in [-0.2, -0.15) is 0 Å². The van der Waals surface area contributed by atoms with E-state index in [9.17, 15) is 15.0 Å². The van der Waals surface area contributed by atoms with Crippen molar-refractivity contribution in [3.63, 3.8) is 0 Å². The van der Waals surface area contributed by atoms with E-state index >= 15 is 0 Å². The largest absolute Gasteiger partial charge is 0.508 e. The number of aliphatic hydroxyl groups is 1. The van der Waals surface area contributed by atoms with Gasteiger partial charge in [0.2, 0.25) is 0 Å². The molecule has 5 heteroatoms. The highest BCUT2D eigenvalue weighted by atomic mass is 16.5. The maximum atomic E-state index is 13.1. The summed E-state index contributed by atoms with van der Waals surface area (Å²) in [5, 5.41) is 20.5. The Kier molecular flexibility index (Phi) is 7.98. The maximum Gasteiger partial charge on any atom is 0.340 e. The molecule has 2 aromatic carbocycles. The highest BCUT2D eigenvalue weighted by molar-refractivity contribution is 5.96. The summed E-state index contributed by atoms with van der Waals surface area (Å²) in [5.41, 5.74) is 2.12. The highest BCUT2D eigenvalue weighted by Crippen LogP contribution is 2.38. The van der Waals surface area contributed by atoms with E-state index in [0.717, 1.165) is 34.6 Å². The minimum atomic E-state index is -0.438. The van der Waals surface area contributed by atoms with Crippen LogP contribution in [0, 0.1) is 5.92 Å². The molecule has 0 amide bonds. The molecule has 5 rings (SSSR count). The minimum absolute atomic E-state index is 0.0444. The summed E-state index contributed by atoms with van der Waals surface area (Å²) in [4.78, 5) is 13.1. The lowest BCUT2D eigenvalue weighted by Gasteiger charge is -2.20. The molecule has 5 nitrogen and oxygen atoms in total. The van der Waals surface area contributed by atoms with Crippen LogP contribution in [0.4, 0.5) is 0 Å². The summed E-state index contributed by atoms with van der Waals surface area (Å²) < 4.78 is 11.7. The first kappa shape index (κ1) is 25.2. The Hall–Kier alpha value is -3.47. The number of phenolic OH excluding ortho intramolecular Hbond substituents is 1. The Morgan fingerprint density at radius 1 is 0.946 bits per heavy atom. The first-order chi connectivity index (χ1) is 18.1. The topological polar surface area (TPSA) is 79.9 Å². The molecule has 1 unspecified atom stereocenters. The van der Waals surface area contributed by atoms with Crippen molar-refractivity contribution in [2.75, 3.05) is 6.61 Å². The molecule has 0 saturated heterocycles. The van der Waals surface area contributed by atoms with E-state index in [-0.39, 0.29) is 17.4 Å². The van der Waals surface area contributed by atoms with Gasteiger partial charge in [-0.3, -0.25) is 0 Å². The van der Waals surface area contributed by atoms with Crippen molar-refractivity contribution in [2.24, 2.45) is 5.92 Å². The number of ether oxygens (including phenoxy) is 1. The van der Waals surface area contributed by atoms with E-state index in [0.29, 0.717) is 24.2 Å². The molecule has 0 aliphatic heterocycles. The number of hydrogen-bond acceptors (Lipinski definition) is 5. The molecule has 2 aliphatic carbocycles. The molecule has 3 aromatic rings. The van der Waals surface area contributed by atoms with Crippen molar-refractivity contribution in [3.8, 4) is 22.6 Å². The zero-order chi connectivity index (χ0) is 25.6. The van der Waals surface area contributed by atoms with Gasteiger partial charge in [-0.15, -0.1) is 0 Å². The molecule has 2 aliphatic rings. The van der Waals surface area contributed by atoms with Crippen LogP contribution in [-0.2, 0) is 0 Å². The highest BCUT2D eigenvalue weighted by Gasteiger charge is 2.24. The van der Waals surface area contributed by atoms with Gasteiger partial charge >= 0.3 is 5.63 Å². The monoisotopic (exact) mass is 500 g/mol. The molecular formula is C32H36O5. The molecule has 0 radical (unpaired) electrons. The van der Waals surface area contributed by atoms with Crippen LogP contribution >= 0.6 is 0 Å². The van der Waals surface area contributed by atoms with Crippen LogP contribution in [0.1, 0.15) is 75.7 Å². The van der Waals surface area contributed by atoms with E-state index in [4.69, 9.17) is 9.15 Å². The molecule has 37 heavy (non-hydrogen) atoms. The predicted molar refractivity (Wildman–Crippen MR) is 147 cm³/mol. The van der Waals surface area contributed by atoms with Crippen molar-refractivity contribution in [3.05, 3.63) is 82.4 Å². The Morgan fingerprint density at radius 3 is 2.43 bits per heavy atom. The number of fused-ring (bicyclic) bond motifs is 1. The fourth-order valence-corrected chi connectivity index (χ4v) is 5.78. The minimum Gasteiger partial charge on any atom is -0.508 e. The summed E-state index contributed by atoms with van der Waals surface area (Å²) in [6, 6.07) is 12.7. The molecule has 194 valence electrons. The average Bonchev–Trinajstić information content (AvgIpc) is 2.88. The smallest absolute Gasteiger partial charge is 0.340 e. The van der Waals surface area contributed by atoms with E-state index in [1.807, 2.05) is 30.3 Å². The maximum absolute atomic E-state index is 13.1. The second-order valence-electron chi connectivity index (χ2n) is 10.4. The van der Waals surface area contributed by atoms with Crippen LogP contribution in [0.25, 0.3) is 22.1 Å². The number of aromatic hydroxyl groups is 1. The molecule has 1 fully saturated rings. The van der Waals surface area contributed by atoms with Gasteiger partial charge in [-0.05, 0) is 67.2 Å². The number of hydrogen-bond donors (Lipinski definition) is 2. The van der Waals surface area contributed by atoms with Crippen molar-refractivity contribution < 1.29 is 19.4 Å². The molecular weight excluding hydrogens is 464 g/mol. The second kappa shape index (κ2) is 11.7. The Labute approximate surface area is 218 Å². The van der Waals surface area contributed by atoms with E-state index in [2.05, 4.69) is 0 Å². The Balaban J connectivity index is 1.35. The average molecular weight is 501 g/mol. The molecule has 0 spiro atoms. The van der Waals surface area contributed by atoms with Gasteiger partial charge < -0.3 is 19.4 Å². The Bertz CT molecular complexity index is 1320. The van der Waals surface area contributed by atoms with Crippen LogP contribution in [-0.4, -0.2) is 16.8 Å². The zero-order valence-corrected chi connectivity index (χ0v) is 21.3. The Morgan fingerprint density at radius 2 is 1.70 bits per heavy atom. The summed E-state index contributed by atoms with van der Waals surface area (Å²) in [6.07, 6.45) is 17.6. The SMILES string of the molecule is O=c1oc2cc(O)ccc2c(-c2ccc(OCCCC3CCCCCCC3)cc2)c1C1C=CC(O)=CC1. The fourth-order valence-electron chi connectivity index (χ4n) is 5.78. The lowest BCUT2D eigenvalue weighted by molar-refractivity contribution is 0.276.